The van der Waals surface area contributed by atoms with Crippen LogP contribution in [0.4, 0.5) is 0 Å². The molecular weight excluding hydrogens is 210 g/mol. The Morgan fingerprint density at radius 2 is 2.00 bits per heavy atom. The second-order valence-corrected chi connectivity index (χ2v) is 4.35. The Bertz CT molecular complexity index is 254. The first-order valence-corrected chi connectivity index (χ1v) is 5.13. The Kier molecular flexibility index (Phi) is 5.98. The third-order valence-corrected chi connectivity index (χ3v) is 2.34. The number of nitrogens with two attached hydrogens (primary N) is 2. The number of nitrogens with one attached hydrogen (secondary N) is 1. The summed E-state index contributed by atoms with van der Waals surface area (Å²) in [6.07, 6.45) is 0.444. The van der Waals surface area contributed by atoms with Gasteiger partial charge in [-0.15, -0.1) is 0 Å². The molecule has 0 aromatic heterocycles. The molecule has 0 spiro atoms. The van der Waals surface area contributed by atoms with Crippen LogP contribution in [0.15, 0.2) is 0 Å². The molecule has 0 fully saturated rings. The van der Waals surface area contributed by atoms with Gasteiger partial charge in [0.2, 0.25) is 11.8 Å². The van der Waals surface area contributed by atoms with Crippen molar-refractivity contribution in [3.63, 3.8) is 0 Å². The smallest absolute Gasteiger partial charge is 0.237 e. The summed E-state index contributed by atoms with van der Waals surface area (Å²) in [6, 6.07) is -0.622. The van der Waals surface area contributed by atoms with Gasteiger partial charge in [-0.1, -0.05) is 0 Å². The van der Waals surface area contributed by atoms with Gasteiger partial charge in [0.05, 0.1) is 11.5 Å². The molecular formula is C10H21N3O3. The molecule has 6 heteroatoms. The lowest BCUT2D eigenvalue weighted by atomic mass is 9.92. The van der Waals surface area contributed by atoms with Gasteiger partial charge in [0, 0.05) is 20.3 Å². The molecule has 0 saturated carbocycles. The maximum Gasteiger partial charge on any atom is 0.237 e. The van der Waals surface area contributed by atoms with Gasteiger partial charge in [0.1, 0.15) is 0 Å². The highest BCUT2D eigenvalue weighted by atomic mass is 16.5. The van der Waals surface area contributed by atoms with Gasteiger partial charge in [-0.3, -0.25) is 9.59 Å². The maximum absolute atomic E-state index is 11.5. The van der Waals surface area contributed by atoms with Crippen LogP contribution in [0.2, 0.25) is 0 Å². The van der Waals surface area contributed by atoms with E-state index in [1.165, 1.54) is 0 Å². The van der Waals surface area contributed by atoms with Gasteiger partial charge in [-0.2, -0.15) is 0 Å². The van der Waals surface area contributed by atoms with Crippen LogP contribution in [0.1, 0.15) is 20.3 Å². The van der Waals surface area contributed by atoms with Crippen LogP contribution < -0.4 is 16.8 Å². The predicted molar refractivity (Wildman–Crippen MR) is 60.5 cm³/mol. The average Bonchev–Trinajstić information content (AvgIpc) is 2.22. The molecule has 0 aromatic rings. The lowest BCUT2D eigenvalue weighted by molar-refractivity contribution is -0.127. The summed E-state index contributed by atoms with van der Waals surface area (Å²) in [5, 5.41) is 2.59. The molecule has 94 valence electrons. The van der Waals surface area contributed by atoms with Crippen molar-refractivity contribution in [2.24, 2.45) is 16.9 Å². The van der Waals surface area contributed by atoms with E-state index >= 15 is 0 Å². The van der Waals surface area contributed by atoms with Crippen molar-refractivity contribution in [1.29, 1.82) is 0 Å². The van der Waals surface area contributed by atoms with Crippen molar-refractivity contribution in [3.05, 3.63) is 0 Å². The van der Waals surface area contributed by atoms with Gasteiger partial charge < -0.3 is 21.5 Å². The molecule has 1 atom stereocenters. The first-order chi connectivity index (χ1) is 7.31. The van der Waals surface area contributed by atoms with Gasteiger partial charge >= 0.3 is 0 Å². The zero-order valence-corrected chi connectivity index (χ0v) is 10.1. The van der Waals surface area contributed by atoms with Crippen molar-refractivity contribution < 1.29 is 14.3 Å². The standard InChI is InChI=1S/C10H21N3O3/c1-10(2,9(12)15)6-13-8(14)7(11)4-5-16-3/h7H,4-6,11H2,1-3H3,(H2,12,15)(H,13,14). The van der Waals surface area contributed by atoms with Crippen LogP contribution in [0.3, 0.4) is 0 Å². The summed E-state index contributed by atoms with van der Waals surface area (Å²) < 4.78 is 4.81. The second-order valence-electron chi connectivity index (χ2n) is 4.35. The zero-order valence-electron chi connectivity index (χ0n) is 10.1. The summed E-state index contributed by atoms with van der Waals surface area (Å²) in [7, 11) is 1.54. The molecule has 0 heterocycles. The Hall–Kier alpha value is -1.14. The first kappa shape index (κ1) is 14.9. The molecule has 0 bridgehead atoms. The fourth-order valence-corrected chi connectivity index (χ4v) is 0.902. The minimum Gasteiger partial charge on any atom is -0.385 e. The summed E-state index contributed by atoms with van der Waals surface area (Å²) in [5.41, 5.74) is 10.0. The van der Waals surface area contributed by atoms with Crippen molar-refractivity contribution >= 4 is 11.8 Å². The Labute approximate surface area is 95.7 Å². The number of amides is 2. The van der Waals surface area contributed by atoms with E-state index < -0.39 is 17.4 Å². The van der Waals surface area contributed by atoms with Crippen LogP contribution in [-0.4, -0.2) is 38.1 Å². The minimum atomic E-state index is -0.767. The van der Waals surface area contributed by atoms with Crippen LogP contribution >= 0.6 is 0 Å². The minimum absolute atomic E-state index is 0.182. The van der Waals surface area contributed by atoms with Crippen LogP contribution in [-0.2, 0) is 14.3 Å². The Morgan fingerprint density at radius 3 is 2.44 bits per heavy atom. The van der Waals surface area contributed by atoms with Gasteiger partial charge in [-0.25, -0.2) is 0 Å². The molecule has 0 rings (SSSR count). The highest BCUT2D eigenvalue weighted by molar-refractivity contribution is 5.84. The Morgan fingerprint density at radius 1 is 1.44 bits per heavy atom. The number of methoxy groups -OCH3 is 1. The maximum atomic E-state index is 11.5. The lowest BCUT2D eigenvalue weighted by Gasteiger charge is -2.22. The Balaban J connectivity index is 4.02. The number of carbonyl (C=O) groups is 2. The summed E-state index contributed by atoms with van der Waals surface area (Å²) in [6.45, 7) is 3.93. The van der Waals surface area contributed by atoms with E-state index in [1.807, 2.05) is 0 Å². The number of carbonyl (C=O) groups excluding carboxylic acids is 2. The van der Waals surface area contributed by atoms with Crippen LogP contribution in [0.25, 0.3) is 0 Å². The van der Waals surface area contributed by atoms with Crippen LogP contribution in [0, 0.1) is 5.41 Å². The summed E-state index contributed by atoms with van der Waals surface area (Å²) >= 11 is 0. The molecule has 16 heavy (non-hydrogen) atoms. The van der Waals surface area contributed by atoms with E-state index in [9.17, 15) is 9.59 Å². The van der Waals surface area contributed by atoms with E-state index in [-0.39, 0.29) is 12.5 Å². The predicted octanol–water partition coefficient (Wildman–Crippen LogP) is -1.02. The molecule has 1 unspecified atom stereocenters. The molecule has 0 aromatic carbocycles. The highest BCUT2D eigenvalue weighted by Gasteiger charge is 2.26. The van der Waals surface area contributed by atoms with Crippen molar-refractivity contribution in [1.82, 2.24) is 5.32 Å². The van der Waals surface area contributed by atoms with E-state index in [0.29, 0.717) is 13.0 Å². The summed E-state index contributed by atoms with van der Waals surface area (Å²) in [4.78, 5) is 22.5. The monoisotopic (exact) mass is 231 g/mol. The highest BCUT2D eigenvalue weighted by Crippen LogP contribution is 2.11. The largest absolute Gasteiger partial charge is 0.385 e. The quantitative estimate of drug-likeness (QED) is 0.521. The van der Waals surface area contributed by atoms with Gasteiger partial charge in [0.15, 0.2) is 0 Å². The van der Waals surface area contributed by atoms with Crippen molar-refractivity contribution in [2.45, 2.75) is 26.3 Å². The molecule has 5 N–H and O–H groups in total. The summed E-state index contributed by atoms with van der Waals surface area (Å²) in [5.74, 6) is -0.760. The number of rotatable bonds is 7. The third kappa shape index (κ3) is 5.09. The SMILES string of the molecule is COCCC(N)C(=O)NCC(C)(C)C(N)=O. The molecule has 0 radical (unpaired) electrons. The van der Waals surface area contributed by atoms with E-state index in [0.717, 1.165) is 0 Å². The molecule has 0 aliphatic heterocycles. The number of primary amides is 1. The normalized spacial score (nSPS) is 13.2. The molecule has 0 aliphatic carbocycles. The number of hydrogen-bond donors (Lipinski definition) is 3. The average molecular weight is 231 g/mol. The molecule has 0 aliphatic rings. The van der Waals surface area contributed by atoms with Crippen molar-refractivity contribution in [3.8, 4) is 0 Å². The van der Waals surface area contributed by atoms with E-state index in [1.54, 1.807) is 21.0 Å². The lowest BCUT2D eigenvalue weighted by Crippen LogP contribution is -2.47. The van der Waals surface area contributed by atoms with Gasteiger partial charge in [-0.05, 0) is 20.3 Å². The topological polar surface area (TPSA) is 107 Å². The molecule has 2 amide bonds. The molecule has 6 nitrogen and oxygen atoms in total. The number of ether oxygens (including phenoxy) is 1. The third-order valence-electron chi connectivity index (χ3n) is 2.34. The van der Waals surface area contributed by atoms with Gasteiger partial charge in [0.25, 0.3) is 0 Å². The fraction of sp³-hybridized carbons (Fsp3) is 0.800. The second kappa shape index (κ2) is 6.44. The van der Waals surface area contributed by atoms with Crippen molar-refractivity contribution in [2.75, 3.05) is 20.3 Å². The number of hydrogen-bond acceptors (Lipinski definition) is 4. The van der Waals surface area contributed by atoms with Crippen LogP contribution in [0.5, 0.6) is 0 Å². The molecule has 0 saturated heterocycles. The fourth-order valence-electron chi connectivity index (χ4n) is 0.902. The van der Waals surface area contributed by atoms with E-state index in [2.05, 4.69) is 5.32 Å². The first-order valence-electron chi connectivity index (χ1n) is 5.13. The van der Waals surface area contributed by atoms with E-state index in [4.69, 9.17) is 16.2 Å². The zero-order chi connectivity index (χ0) is 12.8.